The molecule has 0 radical (unpaired) electrons. The molecule has 0 bridgehead atoms. The number of anilines is 1. The Morgan fingerprint density at radius 2 is 2.00 bits per heavy atom. The quantitative estimate of drug-likeness (QED) is 0.288. The topological polar surface area (TPSA) is 150 Å². The smallest absolute Gasteiger partial charge is 0.313 e. The molecule has 0 amide bonds. The summed E-state index contributed by atoms with van der Waals surface area (Å²) in [6.07, 6.45) is 0. The number of nitro groups is 1. The van der Waals surface area contributed by atoms with Gasteiger partial charge in [0.2, 0.25) is 15.8 Å². The molecule has 0 unspecified atom stereocenters. The van der Waals surface area contributed by atoms with E-state index in [1.165, 1.54) is 0 Å². The zero-order chi connectivity index (χ0) is 12.5. The van der Waals surface area contributed by atoms with Gasteiger partial charge in [-0.3, -0.25) is 10.1 Å². The lowest BCUT2D eigenvalue weighted by Gasteiger charge is -2.04. The van der Waals surface area contributed by atoms with Crippen molar-refractivity contribution in [2.45, 2.75) is 5.75 Å². The maximum Gasteiger partial charge on any atom is 0.313 e. The van der Waals surface area contributed by atoms with E-state index in [1.54, 1.807) is 0 Å². The standard InChI is InChI=1S/C7H9N3O5S/c8-5-1-4(3-16(9,14)15)2-6(7(5)11)10(12)13/h1-2,11H,3,8H2,(H2,9,14,15). The van der Waals surface area contributed by atoms with Gasteiger partial charge in [-0.05, 0) is 11.6 Å². The number of aromatic hydroxyl groups is 1. The van der Waals surface area contributed by atoms with Gasteiger partial charge in [0, 0.05) is 6.07 Å². The third-order valence-electron chi connectivity index (χ3n) is 1.74. The van der Waals surface area contributed by atoms with E-state index >= 15 is 0 Å². The van der Waals surface area contributed by atoms with Gasteiger partial charge in [-0.15, -0.1) is 0 Å². The van der Waals surface area contributed by atoms with Crippen molar-refractivity contribution in [3.05, 3.63) is 27.8 Å². The summed E-state index contributed by atoms with van der Waals surface area (Å²) >= 11 is 0. The van der Waals surface area contributed by atoms with Gasteiger partial charge in [0.25, 0.3) is 0 Å². The van der Waals surface area contributed by atoms with E-state index in [0.29, 0.717) is 0 Å². The van der Waals surface area contributed by atoms with E-state index in [0.717, 1.165) is 12.1 Å². The highest BCUT2D eigenvalue weighted by molar-refractivity contribution is 7.88. The van der Waals surface area contributed by atoms with Crippen LogP contribution in [-0.2, 0) is 15.8 Å². The molecule has 5 N–H and O–H groups in total. The minimum atomic E-state index is -3.81. The summed E-state index contributed by atoms with van der Waals surface area (Å²) in [5.41, 5.74) is 4.41. The van der Waals surface area contributed by atoms with Gasteiger partial charge in [-0.25, -0.2) is 13.6 Å². The molecule has 1 aromatic carbocycles. The Hall–Kier alpha value is -1.87. The Bertz CT molecular complexity index is 539. The van der Waals surface area contributed by atoms with Crippen molar-refractivity contribution in [2.24, 2.45) is 5.14 Å². The van der Waals surface area contributed by atoms with E-state index in [9.17, 15) is 23.6 Å². The molecule has 1 aromatic rings. The lowest BCUT2D eigenvalue weighted by Crippen LogP contribution is -2.14. The molecule has 0 fully saturated rings. The molecule has 0 aromatic heterocycles. The van der Waals surface area contributed by atoms with E-state index in [2.05, 4.69) is 0 Å². The fourth-order valence-electron chi connectivity index (χ4n) is 1.16. The Morgan fingerprint density at radius 3 is 2.44 bits per heavy atom. The maximum absolute atomic E-state index is 10.8. The van der Waals surface area contributed by atoms with Crippen LogP contribution in [0.15, 0.2) is 12.1 Å². The molecule has 0 saturated carbocycles. The fraction of sp³-hybridized carbons (Fsp3) is 0.143. The van der Waals surface area contributed by atoms with Gasteiger partial charge < -0.3 is 10.8 Å². The van der Waals surface area contributed by atoms with Crippen LogP contribution >= 0.6 is 0 Å². The molecule has 0 saturated heterocycles. The highest BCUT2D eigenvalue weighted by atomic mass is 32.2. The summed E-state index contributed by atoms with van der Waals surface area (Å²) < 4.78 is 21.6. The van der Waals surface area contributed by atoms with Crippen molar-refractivity contribution in [3.8, 4) is 5.75 Å². The molecule has 9 heteroatoms. The number of sulfonamides is 1. The Balaban J connectivity index is 3.30. The van der Waals surface area contributed by atoms with Gasteiger partial charge in [-0.1, -0.05) is 0 Å². The lowest BCUT2D eigenvalue weighted by atomic mass is 10.2. The molecular weight excluding hydrogens is 238 g/mol. The van der Waals surface area contributed by atoms with Crippen LogP contribution < -0.4 is 10.9 Å². The molecule has 88 valence electrons. The number of hydrogen-bond donors (Lipinski definition) is 3. The van der Waals surface area contributed by atoms with Gasteiger partial charge in [-0.2, -0.15) is 0 Å². The largest absolute Gasteiger partial charge is 0.501 e. The van der Waals surface area contributed by atoms with Crippen LogP contribution in [0, 0.1) is 10.1 Å². The van der Waals surface area contributed by atoms with Crippen molar-refractivity contribution in [1.29, 1.82) is 0 Å². The molecule has 0 atom stereocenters. The maximum atomic E-state index is 10.8. The number of hydrogen-bond acceptors (Lipinski definition) is 6. The first-order valence-corrected chi connectivity index (χ1v) is 5.68. The van der Waals surface area contributed by atoms with Crippen molar-refractivity contribution in [2.75, 3.05) is 5.73 Å². The first-order valence-electron chi connectivity index (χ1n) is 3.97. The molecule has 0 spiro atoms. The first-order chi connectivity index (χ1) is 7.20. The number of nitrogens with two attached hydrogens (primary N) is 2. The number of benzene rings is 1. The van der Waals surface area contributed by atoms with Crippen molar-refractivity contribution >= 4 is 21.4 Å². The van der Waals surface area contributed by atoms with Crippen LogP contribution in [0.1, 0.15) is 5.56 Å². The average molecular weight is 247 g/mol. The Kier molecular flexibility index (Phi) is 3.01. The van der Waals surface area contributed by atoms with E-state index in [-0.39, 0.29) is 11.3 Å². The Labute approximate surface area is 90.7 Å². The summed E-state index contributed by atoms with van der Waals surface area (Å²) in [5, 5.41) is 24.5. The second-order valence-electron chi connectivity index (χ2n) is 3.12. The lowest BCUT2D eigenvalue weighted by molar-refractivity contribution is -0.385. The highest BCUT2D eigenvalue weighted by Gasteiger charge is 2.19. The number of nitrogens with zero attached hydrogens (tertiary/aromatic N) is 1. The van der Waals surface area contributed by atoms with Crippen molar-refractivity contribution in [1.82, 2.24) is 0 Å². The van der Waals surface area contributed by atoms with E-state index in [4.69, 9.17) is 10.9 Å². The molecule has 0 heterocycles. The summed E-state index contributed by atoms with van der Waals surface area (Å²) in [7, 11) is -3.81. The third kappa shape index (κ3) is 2.81. The number of nitrogen functional groups attached to an aromatic ring is 1. The van der Waals surface area contributed by atoms with E-state index < -0.39 is 32.1 Å². The van der Waals surface area contributed by atoms with Crippen LogP contribution in [0.25, 0.3) is 0 Å². The number of primary sulfonamides is 1. The highest BCUT2D eigenvalue weighted by Crippen LogP contribution is 2.33. The number of nitro benzene ring substituents is 1. The molecule has 1 rings (SSSR count). The minimum Gasteiger partial charge on any atom is -0.501 e. The van der Waals surface area contributed by atoms with Crippen LogP contribution in [0.4, 0.5) is 11.4 Å². The van der Waals surface area contributed by atoms with Crippen molar-refractivity contribution in [3.63, 3.8) is 0 Å². The summed E-state index contributed by atoms with van der Waals surface area (Å²) in [5.74, 6) is -1.28. The first kappa shape index (κ1) is 12.2. The van der Waals surface area contributed by atoms with Gasteiger partial charge in [0.05, 0.1) is 16.4 Å². The third-order valence-corrected chi connectivity index (χ3v) is 2.48. The molecular formula is C7H9N3O5S. The fourth-order valence-corrected chi connectivity index (χ4v) is 1.79. The molecule has 8 nitrogen and oxygen atoms in total. The molecule has 16 heavy (non-hydrogen) atoms. The number of phenols is 1. The summed E-state index contributed by atoms with van der Waals surface area (Å²) in [6.45, 7) is 0. The molecule has 0 aliphatic heterocycles. The zero-order valence-corrected chi connectivity index (χ0v) is 8.77. The van der Waals surface area contributed by atoms with Gasteiger partial charge in [0.1, 0.15) is 0 Å². The average Bonchev–Trinajstić information content (AvgIpc) is 2.07. The number of rotatable bonds is 3. The predicted octanol–water partition coefficient (Wildman–Crippen LogP) is -0.329. The van der Waals surface area contributed by atoms with Crippen LogP contribution in [-0.4, -0.2) is 18.4 Å². The van der Waals surface area contributed by atoms with Crippen molar-refractivity contribution < 1.29 is 18.4 Å². The van der Waals surface area contributed by atoms with Crippen LogP contribution in [0.3, 0.4) is 0 Å². The predicted molar refractivity (Wildman–Crippen MR) is 56.0 cm³/mol. The van der Waals surface area contributed by atoms with E-state index in [1.807, 2.05) is 0 Å². The molecule has 0 aliphatic carbocycles. The number of phenolic OH excluding ortho intramolecular Hbond substituents is 1. The monoisotopic (exact) mass is 247 g/mol. The second-order valence-corrected chi connectivity index (χ2v) is 4.73. The summed E-state index contributed by atoms with van der Waals surface area (Å²) in [6, 6.07) is 2.03. The van der Waals surface area contributed by atoms with Gasteiger partial charge >= 0.3 is 5.69 Å². The van der Waals surface area contributed by atoms with Crippen LogP contribution in [0.5, 0.6) is 5.75 Å². The zero-order valence-electron chi connectivity index (χ0n) is 7.95. The summed E-state index contributed by atoms with van der Waals surface area (Å²) in [4.78, 5) is 9.64. The Morgan fingerprint density at radius 1 is 1.44 bits per heavy atom. The minimum absolute atomic E-state index is 0.0458. The normalized spacial score (nSPS) is 11.3. The second kappa shape index (κ2) is 3.94. The molecule has 0 aliphatic rings. The van der Waals surface area contributed by atoms with Gasteiger partial charge in [0.15, 0.2) is 0 Å². The SMILES string of the molecule is Nc1cc(CS(N)(=O)=O)cc([N+](=O)[O-])c1O. The van der Waals surface area contributed by atoms with Crippen LogP contribution in [0.2, 0.25) is 0 Å².